The maximum atomic E-state index is 5.77. The van der Waals surface area contributed by atoms with E-state index < -0.39 is 0 Å². The monoisotopic (exact) mass is 257 g/mol. The number of benzene rings is 2. The van der Waals surface area contributed by atoms with Crippen molar-refractivity contribution in [2.75, 3.05) is 12.5 Å². The summed E-state index contributed by atoms with van der Waals surface area (Å²) >= 11 is 0. The second-order valence-electron chi connectivity index (χ2n) is 4.49. The summed E-state index contributed by atoms with van der Waals surface area (Å²) in [6.45, 7) is 2.74. The van der Waals surface area contributed by atoms with Crippen LogP contribution in [0.25, 0.3) is 0 Å². The molecular formula is C15H15NO3. The summed E-state index contributed by atoms with van der Waals surface area (Å²) in [7, 11) is 0. The first-order valence-corrected chi connectivity index (χ1v) is 6.10. The summed E-state index contributed by atoms with van der Waals surface area (Å²) in [5.74, 6) is 2.37. The lowest BCUT2D eigenvalue weighted by molar-refractivity contribution is 0.174. The Morgan fingerprint density at radius 2 is 1.95 bits per heavy atom. The molecule has 0 aromatic heterocycles. The average Bonchev–Trinajstić information content (AvgIpc) is 2.87. The summed E-state index contributed by atoms with van der Waals surface area (Å²) in [5.41, 5.74) is 8.60. The van der Waals surface area contributed by atoms with Crippen molar-refractivity contribution in [1.82, 2.24) is 0 Å². The van der Waals surface area contributed by atoms with Crippen molar-refractivity contribution in [1.29, 1.82) is 0 Å². The van der Waals surface area contributed by atoms with Crippen LogP contribution in [0.3, 0.4) is 0 Å². The van der Waals surface area contributed by atoms with Crippen LogP contribution in [0.1, 0.15) is 11.1 Å². The molecule has 19 heavy (non-hydrogen) atoms. The first-order valence-electron chi connectivity index (χ1n) is 6.10. The van der Waals surface area contributed by atoms with Gasteiger partial charge in [0.05, 0.1) is 0 Å². The largest absolute Gasteiger partial charge is 0.489 e. The number of nitrogens with two attached hydrogens (primary N) is 1. The maximum Gasteiger partial charge on any atom is 0.231 e. The predicted octanol–water partition coefficient (Wildman–Crippen LogP) is 2.88. The van der Waals surface area contributed by atoms with Crippen LogP contribution in [-0.2, 0) is 6.61 Å². The van der Waals surface area contributed by atoms with Crippen molar-refractivity contribution in [3.05, 3.63) is 47.5 Å². The molecule has 0 amide bonds. The van der Waals surface area contributed by atoms with E-state index in [9.17, 15) is 0 Å². The maximum absolute atomic E-state index is 5.77. The third-order valence-corrected chi connectivity index (χ3v) is 3.08. The van der Waals surface area contributed by atoms with Gasteiger partial charge in [-0.15, -0.1) is 0 Å². The van der Waals surface area contributed by atoms with E-state index in [1.807, 2.05) is 43.3 Å². The molecule has 1 aliphatic heterocycles. The minimum atomic E-state index is 0.288. The molecule has 0 spiro atoms. The molecule has 0 saturated heterocycles. The molecule has 0 radical (unpaired) electrons. The van der Waals surface area contributed by atoms with Gasteiger partial charge in [0.15, 0.2) is 11.5 Å². The van der Waals surface area contributed by atoms with Crippen LogP contribution in [0.5, 0.6) is 17.2 Å². The molecule has 0 bridgehead atoms. The van der Waals surface area contributed by atoms with E-state index >= 15 is 0 Å². The van der Waals surface area contributed by atoms with E-state index in [-0.39, 0.29) is 6.79 Å². The third-order valence-electron chi connectivity index (χ3n) is 3.08. The molecule has 1 heterocycles. The number of rotatable bonds is 3. The zero-order valence-electron chi connectivity index (χ0n) is 10.7. The number of fused-ring (bicyclic) bond motifs is 1. The van der Waals surface area contributed by atoms with Crippen LogP contribution in [0.2, 0.25) is 0 Å². The minimum absolute atomic E-state index is 0.288. The Kier molecular flexibility index (Phi) is 2.91. The second-order valence-corrected chi connectivity index (χ2v) is 4.49. The molecule has 0 atom stereocenters. The molecule has 0 aliphatic carbocycles. The fourth-order valence-electron chi connectivity index (χ4n) is 1.94. The van der Waals surface area contributed by atoms with Gasteiger partial charge in [-0.2, -0.15) is 0 Å². The Hall–Kier alpha value is -2.36. The standard InChI is InChI=1S/C15H15NO3/c1-10-6-12(3-4-13(10)16)17-8-11-2-5-14-15(7-11)19-9-18-14/h2-7H,8-9,16H2,1H3. The van der Waals surface area contributed by atoms with Gasteiger partial charge in [-0.1, -0.05) is 6.07 Å². The molecule has 4 heteroatoms. The summed E-state index contributed by atoms with van der Waals surface area (Å²) in [4.78, 5) is 0. The fraction of sp³-hybridized carbons (Fsp3) is 0.200. The SMILES string of the molecule is Cc1cc(OCc2ccc3c(c2)OCO3)ccc1N. The van der Waals surface area contributed by atoms with E-state index in [1.54, 1.807) is 0 Å². The molecule has 0 fully saturated rings. The normalized spacial score (nSPS) is 12.5. The summed E-state index contributed by atoms with van der Waals surface area (Å²) in [6, 6.07) is 11.5. The predicted molar refractivity (Wildman–Crippen MR) is 72.5 cm³/mol. The number of anilines is 1. The van der Waals surface area contributed by atoms with Crippen LogP contribution < -0.4 is 19.9 Å². The van der Waals surface area contributed by atoms with Crippen LogP contribution in [0, 0.1) is 6.92 Å². The summed E-state index contributed by atoms with van der Waals surface area (Å²) < 4.78 is 16.3. The average molecular weight is 257 g/mol. The highest BCUT2D eigenvalue weighted by Crippen LogP contribution is 2.32. The van der Waals surface area contributed by atoms with Crippen molar-refractivity contribution in [3.8, 4) is 17.2 Å². The smallest absolute Gasteiger partial charge is 0.231 e. The van der Waals surface area contributed by atoms with Crippen LogP contribution in [0.4, 0.5) is 5.69 Å². The molecule has 98 valence electrons. The van der Waals surface area contributed by atoms with Gasteiger partial charge in [-0.3, -0.25) is 0 Å². The van der Waals surface area contributed by atoms with Crippen LogP contribution >= 0.6 is 0 Å². The molecule has 0 unspecified atom stereocenters. The lowest BCUT2D eigenvalue weighted by Crippen LogP contribution is -1.97. The molecular weight excluding hydrogens is 242 g/mol. The Bertz CT molecular complexity index is 610. The Balaban J connectivity index is 1.70. The molecule has 2 N–H and O–H groups in total. The number of aryl methyl sites for hydroxylation is 1. The molecule has 2 aromatic carbocycles. The lowest BCUT2D eigenvalue weighted by atomic mass is 10.2. The Labute approximate surface area is 111 Å². The van der Waals surface area contributed by atoms with Crippen molar-refractivity contribution in [3.63, 3.8) is 0 Å². The van der Waals surface area contributed by atoms with E-state index in [1.165, 1.54) is 0 Å². The Morgan fingerprint density at radius 3 is 2.79 bits per heavy atom. The van der Waals surface area contributed by atoms with Gasteiger partial charge in [0.2, 0.25) is 6.79 Å². The number of hydrogen-bond acceptors (Lipinski definition) is 4. The van der Waals surface area contributed by atoms with Crippen LogP contribution in [0.15, 0.2) is 36.4 Å². The van der Waals surface area contributed by atoms with Gasteiger partial charge < -0.3 is 19.9 Å². The van der Waals surface area contributed by atoms with Gasteiger partial charge in [0, 0.05) is 5.69 Å². The first kappa shape index (κ1) is 11.7. The second kappa shape index (κ2) is 4.72. The minimum Gasteiger partial charge on any atom is -0.489 e. The van der Waals surface area contributed by atoms with E-state index in [2.05, 4.69) is 0 Å². The van der Waals surface area contributed by atoms with Gasteiger partial charge in [-0.25, -0.2) is 0 Å². The summed E-state index contributed by atoms with van der Waals surface area (Å²) in [5, 5.41) is 0. The van der Waals surface area contributed by atoms with Crippen molar-refractivity contribution in [2.24, 2.45) is 0 Å². The Morgan fingerprint density at radius 1 is 1.11 bits per heavy atom. The highest BCUT2D eigenvalue weighted by atomic mass is 16.7. The molecule has 4 nitrogen and oxygen atoms in total. The van der Waals surface area contributed by atoms with Gasteiger partial charge in [-0.05, 0) is 48.4 Å². The molecule has 1 aliphatic rings. The van der Waals surface area contributed by atoms with E-state index in [4.69, 9.17) is 19.9 Å². The zero-order valence-corrected chi connectivity index (χ0v) is 10.7. The van der Waals surface area contributed by atoms with Crippen molar-refractivity contribution < 1.29 is 14.2 Å². The molecule has 3 rings (SSSR count). The van der Waals surface area contributed by atoms with Crippen LogP contribution in [-0.4, -0.2) is 6.79 Å². The van der Waals surface area contributed by atoms with E-state index in [0.717, 1.165) is 34.1 Å². The fourth-order valence-corrected chi connectivity index (χ4v) is 1.94. The lowest BCUT2D eigenvalue weighted by Gasteiger charge is -2.08. The summed E-state index contributed by atoms with van der Waals surface area (Å²) in [6.07, 6.45) is 0. The number of ether oxygens (including phenoxy) is 3. The first-order chi connectivity index (χ1) is 9.22. The number of hydrogen-bond donors (Lipinski definition) is 1. The van der Waals surface area contributed by atoms with Gasteiger partial charge in [0.25, 0.3) is 0 Å². The topological polar surface area (TPSA) is 53.7 Å². The van der Waals surface area contributed by atoms with Crippen molar-refractivity contribution in [2.45, 2.75) is 13.5 Å². The zero-order chi connectivity index (χ0) is 13.2. The van der Waals surface area contributed by atoms with Gasteiger partial charge >= 0.3 is 0 Å². The molecule has 0 saturated carbocycles. The molecule has 2 aromatic rings. The van der Waals surface area contributed by atoms with E-state index in [0.29, 0.717) is 6.61 Å². The third kappa shape index (κ3) is 2.42. The van der Waals surface area contributed by atoms with Crippen molar-refractivity contribution >= 4 is 5.69 Å². The highest BCUT2D eigenvalue weighted by Gasteiger charge is 2.13. The van der Waals surface area contributed by atoms with Gasteiger partial charge in [0.1, 0.15) is 12.4 Å². The quantitative estimate of drug-likeness (QED) is 0.859. The highest BCUT2D eigenvalue weighted by molar-refractivity contribution is 5.49. The number of nitrogen functional groups attached to an aromatic ring is 1.